The van der Waals surface area contributed by atoms with Gasteiger partial charge in [0.25, 0.3) is 5.89 Å². The molecular formula is C8H14N2O3. The average Bonchev–Trinajstić information content (AvgIpc) is 2.48. The Morgan fingerprint density at radius 2 is 2.15 bits per heavy atom. The average molecular weight is 186 g/mol. The Morgan fingerprint density at radius 1 is 1.46 bits per heavy atom. The quantitative estimate of drug-likeness (QED) is 0.761. The maximum atomic E-state index is 9.09. The Labute approximate surface area is 76.7 Å². The molecule has 0 aromatic carbocycles. The molecule has 0 saturated carbocycles. The van der Waals surface area contributed by atoms with Crippen molar-refractivity contribution in [1.29, 1.82) is 0 Å². The number of rotatable bonds is 4. The summed E-state index contributed by atoms with van der Waals surface area (Å²) in [7, 11) is 0. The first-order valence-electron chi connectivity index (χ1n) is 4.21. The van der Waals surface area contributed by atoms with Crippen LogP contribution in [0.15, 0.2) is 4.52 Å². The van der Waals surface area contributed by atoms with E-state index in [-0.39, 0.29) is 12.7 Å². The molecule has 1 heterocycles. The van der Waals surface area contributed by atoms with Gasteiger partial charge in [-0.2, -0.15) is 4.98 Å². The zero-order valence-electron chi connectivity index (χ0n) is 8.02. The normalized spacial score (nSPS) is 13.6. The van der Waals surface area contributed by atoms with Crippen molar-refractivity contribution in [2.75, 3.05) is 0 Å². The van der Waals surface area contributed by atoms with Crippen LogP contribution < -0.4 is 0 Å². The van der Waals surface area contributed by atoms with Crippen LogP contribution in [0.2, 0.25) is 0 Å². The van der Waals surface area contributed by atoms with E-state index in [1.54, 1.807) is 6.92 Å². The fourth-order valence-electron chi connectivity index (χ4n) is 0.734. The molecule has 0 aliphatic rings. The largest absolute Gasteiger partial charge is 0.385 e. The first-order valence-corrected chi connectivity index (χ1v) is 4.21. The molecule has 0 amide bonds. The van der Waals surface area contributed by atoms with Gasteiger partial charge < -0.3 is 14.4 Å². The van der Waals surface area contributed by atoms with Crippen LogP contribution in [0.5, 0.6) is 0 Å². The highest BCUT2D eigenvalue weighted by atomic mass is 16.5. The zero-order valence-corrected chi connectivity index (χ0v) is 8.02. The van der Waals surface area contributed by atoms with Crippen molar-refractivity contribution in [2.45, 2.75) is 39.6 Å². The van der Waals surface area contributed by atoms with Crippen LogP contribution in [-0.4, -0.2) is 21.4 Å². The van der Waals surface area contributed by atoms with Crippen molar-refractivity contribution >= 4 is 0 Å². The van der Waals surface area contributed by atoms with Gasteiger partial charge >= 0.3 is 0 Å². The van der Waals surface area contributed by atoms with Gasteiger partial charge in [0.15, 0.2) is 5.82 Å². The molecule has 0 radical (unpaired) electrons. The number of aromatic nitrogens is 2. The molecule has 1 atom stereocenters. The van der Waals surface area contributed by atoms with Crippen molar-refractivity contribution in [1.82, 2.24) is 10.1 Å². The number of aliphatic hydroxyl groups excluding tert-OH is 1. The third-order valence-electron chi connectivity index (χ3n) is 1.40. The minimum absolute atomic E-state index is 0.127. The molecule has 0 fully saturated rings. The summed E-state index contributed by atoms with van der Waals surface area (Å²) in [6, 6.07) is 0. The van der Waals surface area contributed by atoms with Gasteiger partial charge in [0.05, 0.1) is 6.10 Å². The van der Waals surface area contributed by atoms with Gasteiger partial charge in [0, 0.05) is 0 Å². The van der Waals surface area contributed by atoms with E-state index >= 15 is 0 Å². The van der Waals surface area contributed by atoms with Gasteiger partial charge in [0.2, 0.25) is 0 Å². The van der Waals surface area contributed by atoms with E-state index in [1.165, 1.54) is 0 Å². The second-order valence-electron chi connectivity index (χ2n) is 3.08. The van der Waals surface area contributed by atoms with Crippen LogP contribution in [0.25, 0.3) is 0 Å². The fourth-order valence-corrected chi connectivity index (χ4v) is 0.734. The van der Waals surface area contributed by atoms with Crippen molar-refractivity contribution in [2.24, 2.45) is 0 Å². The van der Waals surface area contributed by atoms with Crippen molar-refractivity contribution in [3.63, 3.8) is 0 Å². The Bertz CT molecular complexity index is 258. The first-order chi connectivity index (χ1) is 6.09. The Morgan fingerprint density at radius 3 is 2.62 bits per heavy atom. The van der Waals surface area contributed by atoms with E-state index in [1.807, 2.05) is 13.8 Å². The SMILES string of the molecule is CC(C)OCc1nc(C(C)O)no1. The molecule has 1 rings (SSSR count). The molecule has 74 valence electrons. The molecule has 1 aromatic rings. The molecule has 0 saturated heterocycles. The summed E-state index contributed by atoms with van der Waals surface area (Å²) < 4.78 is 10.1. The molecule has 0 bridgehead atoms. The monoisotopic (exact) mass is 186 g/mol. The van der Waals surface area contributed by atoms with Gasteiger partial charge in [0.1, 0.15) is 12.7 Å². The van der Waals surface area contributed by atoms with Crippen molar-refractivity contribution in [3.05, 3.63) is 11.7 Å². The van der Waals surface area contributed by atoms with Crippen LogP contribution in [0.1, 0.15) is 38.6 Å². The van der Waals surface area contributed by atoms with E-state index < -0.39 is 6.10 Å². The Kier molecular flexibility index (Phi) is 3.39. The third kappa shape index (κ3) is 3.12. The molecule has 0 aliphatic carbocycles. The number of ether oxygens (including phenoxy) is 1. The number of aliphatic hydroxyl groups is 1. The minimum Gasteiger partial charge on any atom is -0.385 e. The smallest absolute Gasteiger partial charge is 0.252 e. The second kappa shape index (κ2) is 4.34. The van der Waals surface area contributed by atoms with E-state index in [0.717, 1.165) is 0 Å². The molecule has 0 spiro atoms. The third-order valence-corrected chi connectivity index (χ3v) is 1.40. The lowest BCUT2D eigenvalue weighted by Crippen LogP contribution is -2.02. The Balaban J connectivity index is 2.49. The summed E-state index contributed by atoms with van der Waals surface area (Å²) in [4.78, 5) is 3.93. The van der Waals surface area contributed by atoms with E-state index in [2.05, 4.69) is 10.1 Å². The standard InChI is InChI=1S/C8H14N2O3/c1-5(2)12-4-7-9-8(6(3)11)10-13-7/h5-6,11H,4H2,1-3H3. The Hall–Kier alpha value is -0.940. The topological polar surface area (TPSA) is 68.4 Å². The summed E-state index contributed by atoms with van der Waals surface area (Å²) in [6.07, 6.45) is -0.571. The molecule has 0 aliphatic heterocycles. The van der Waals surface area contributed by atoms with Crippen LogP contribution in [-0.2, 0) is 11.3 Å². The summed E-state index contributed by atoms with van der Waals surface area (Å²) in [5.74, 6) is 0.687. The summed E-state index contributed by atoms with van der Waals surface area (Å²) in [5.41, 5.74) is 0. The number of hydrogen-bond donors (Lipinski definition) is 1. The molecular weight excluding hydrogens is 172 g/mol. The molecule has 13 heavy (non-hydrogen) atoms. The van der Waals surface area contributed by atoms with E-state index in [4.69, 9.17) is 14.4 Å². The summed E-state index contributed by atoms with van der Waals surface area (Å²) >= 11 is 0. The number of hydrogen-bond acceptors (Lipinski definition) is 5. The van der Waals surface area contributed by atoms with Crippen LogP contribution in [0.3, 0.4) is 0 Å². The van der Waals surface area contributed by atoms with Gasteiger partial charge in [-0.1, -0.05) is 5.16 Å². The van der Waals surface area contributed by atoms with Crippen molar-refractivity contribution < 1.29 is 14.4 Å². The van der Waals surface area contributed by atoms with Crippen molar-refractivity contribution in [3.8, 4) is 0 Å². The van der Waals surface area contributed by atoms with Gasteiger partial charge in [-0.15, -0.1) is 0 Å². The lowest BCUT2D eigenvalue weighted by molar-refractivity contribution is 0.0485. The lowest BCUT2D eigenvalue weighted by Gasteiger charge is -2.02. The highest BCUT2D eigenvalue weighted by molar-refractivity contribution is 4.87. The van der Waals surface area contributed by atoms with Crippen LogP contribution in [0, 0.1) is 0 Å². The summed E-state index contributed by atoms with van der Waals surface area (Å²) in [6.45, 7) is 5.72. The summed E-state index contributed by atoms with van der Waals surface area (Å²) in [5, 5.41) is 12.7. The zero-order chi connectivity index (χ0) is 9.84. The highest BCUT2D eigenvalue weighted by Crippen LogP contribution is 2.08. The predicted molar refractivity (Wildman–Crippen MR) is 44.9 cm³/mol. The fraction of sp³-hybridized carbons (Fsp3) is 0.750. The van der Waals surface area contributed by atoms with Gasteiger partial charge in [-0.05, 0) is 20.8 Å². The first kappa shape index (κ1) is 10.1. The van der Waals surface area contributed by atoms with Crippen LogP contribution in [0.4, 0.5) is 0 Å². The van der Waals surface area contributed by atoms with E-state index in [0.29, 0.717) is 11.7 Å². The van der Waals surface area contributed by atoms with Crippen LogP contribution >= 0.6 is 0 Å². The van der Waals surface area contributed by atoms with Gasteiger partial charge in [-0.25, -0.2) is 0 Å². The molecule has 1 N–H and O–H groups in total. The predicted octanol–water partition coefficient (Wildman–Crippen LogP) is 1.05. The lowest BCUT2D eigenvalue weighted by atomic mass is 10.4. The molecule has 1 unspecified atom stereocenters. The number of nitrogens with zero attached hydrogens (tertiary/aromatic N) is 2. The molecule has 5 nitrogen and oxygen atoms in total. The highest BCUT2D eigenvalue weighted by Gasteiger charge is 2.10. The minimum atomic E-state index is -0.698. The second-order valence-corrected chi connectivity index (χ2v) is 3.08. The maximum Gasteiger partial charge on any atom is 0.252 e. The maximum absolute atomic E-state index is 9.09. The van der Waals surface area contributed by atoms with Gasteiger partial charge in [-0.3, -0.25) is 0 Å². The molecule has 1 aromatic heterocycles. The molecule has 5 heteroatoms. The van der Waals surface area contributed by atoms with E-state index in [9.17, 15) is 0 Å².